The number of hydrogen-bond acceptors (Lipinski definition) is 2. The molecule has 1 aromatic rings. The molecule has 0 bridgehead atoms. The van der Waals surface area contributed by atoms with Gasteiger partial charge in [0.05, 0.1) is 0 Å². The van der Waals surface area contributed by atoms with E-state index >= 15 is 0 Å². The molecule has 0 spiro atoms. The van der Waals surface area contributed by atoms with E-state index in [2.05, 4.69) is 39.4 Å². The van der Waals surface area contributed by atoms with Crippen LogP contribution in [0.1, 0.15) is 36.8 Å². The van der Waals surface area contributed by atoms with Crippen molar-refractivity contribution in [2.45, 2.75) is 44.6 Å². The Hall–Kier alpha value is -0.380. The molecule has 0 saturated heterocycles. The molecule has 1 aliphatic rings. The van der Waals surface area contributed by atoms with Gasteiger partial charge in [-0.3, -0.25) is 0 Å². The lowest BCUT2D eigenvalue weighted by molar-refractivity contribution is 0.282. The van der Waals surface area contributed by atoms with Gasteiger partial charge in [0.2, 0.25) is 0 Å². The fourth-order valence-corrected chi connectivity index (χ4v) is 3.03. The Morgan fingerprint density at radius 2 is 2.11 bits per heavy atom. The Bertz CT molecular complexity index is 381. The van der Waals surface area contributed by atoms with E-state index < -0.39 is 0 Å². The van der Waals surface area contributed by atoms with Crippen LogP contribution in [0.4, 0.5) is 0 Å². The molecule has 0 saturated carbocycles. The quantitative estimate of drug-likeness (QED) is 0.791. The summed E-state index contributed by atoms with van der Waals surface area (Å²) in [5, 5.41) is 12.4. The minimum absolute atomic E-state index is 0.325. The molecule has 0 aromatic heterocycles. The molecule has 0 heterocycles. The molecule has 1 aliphatic carbocycles. The highest BCUT2D eigenvalue weighted by Crippen LogP contribution is 2.24. The van der Waals surface area contributed by atoms with E-state index in [-0.39, 0.29) is 0 Å². The van der Waals surface area contributed by atoms with Crippen molar-refractivity contribution < 1.29 is 5.11 Å². The van der Waals surface area contributed by atoms with E-state index in [0.29, 0.717) is 12.6 Å². The molecule has 1 aromatic carbocycles. The van der Waals surface area contributed by atoms with Gasteiger partial charge in [-0.1, -0.05) is 22.0 Å². The fraction of sp³-hybridized carbons (Fsp3) is 0.600. The van der Waals surface area contributed by atoms with Gasteiger partial charge in [0, 0.05) is 17.1 Å². The predicted molar refractivity (Wildman–Crippen MR) is 78.9 cm³/mol. The molecule has 1 unspecified atom stereocenters. The summed E-state index contributed by atoms with van der Waals surface area (Å²) in [6.07, 6.45) is 6.81. The van der Waals surface area contributed by atoms with E-state index in [0.717, 1.165) is 25.8 Å². The van der Waals surface area contributed by atoms with Gasteiger partial charge in [0.15, 0.2) is 0 Å². The van der Waals surface area contributed by atoms with Crippen LogP contribution >= 0.6 is 15.9 Å². The van der Waals surface area contributed by atoms with Gasteiger partial charge in [-0.2, -0.15) is 0 Å². The Balaban J connectivity index is 1.76. The summed E-state index contributed by atoms with van der Waals surface area (Å²) in [6.45, 7) is 1.40. The van der Waals surface area contributed by atoms with Crippen molar-refractivity contribution in [1.82, 2.24) is 5.32 Å². The Labute approximate surface area is 118 Å². The van der Waals surface area contributed by atoms with Crippen LogP contribution in [0.2, 0.25) is 0 Å². The maximum absolute atomic E-state index is 8.72. The molecule has 18 heavy (non-hydrogen) atoms. The fourth-order valence-electron chi connectivity index (χ4n) is 2.62. The molecule has 2 N–H and O–H groups in total. The Morgan fingerprint density at radius 3 is 2.94 bits per heavy atom. The van der Waals surface area contributed by atoms with Crippen molar-refractivity contribution in [3.63, 3.8) is 0 Å². The standard InChI is InChI=1S/C15H22BrNO/c16-14-6-4-13-11-15(7-5-12(13)10-14)17-8-2-1-3-9-18/h4,6,10,15,17-18H,1-3,5,7-9,11H2. The molecule has 2 nitrogen and oxygen atoms in total. The van der Waals surface area contributed by atoms with Crippen molar-refractivity contribution in [3.8, 4) is 0 Å². The minimum Gasteiger partial charge on any atom is -0.396 e. The summed E-state index contributed by atoms with van der Waals surface area (Å²) in [5.41, 5.74) is 3.00. The molecule has 1 atom stereocenters. The molecule has 2 rings (SSSR count). The number of hydrogen-bond donors (Lipinski definition) is 2. The SMILES string of the molecule is OCCCCCNC1CCc2cc(Br)ccc2C1. The third-order valence-corrected chi connectivity index (χ3v) is 4.16. The topological polar surface area (TPSA) is 32.3 Å². The summed E-state index contributed by atoms with van der Waals surface area (Å²) in [7, 11) is 0. The van der Waals surface area contributed by atoms with E-state index in [4.69, 9.17) is 5.11 Å². The van der Waals surface area contributed by atoms with Crippen LogP contribution in [0.3, 0.4) is 0 Å². The van der Waals surface area contributed by atoms with E-state index in [9.17, 15) is 0 Å². The number of halogens is 1. The van der Waals surface area contributed by atoms with E-state index in [1.807, 2.05) is 0 Å². The molecule has 0 amide bonds. The summed E-state index contributed by atoms with van der Waals surface area (Å²) in [5.74, 6) is 0. The van der Waals surface area contributed by atoms with Gasteiger partial charge in [0.1, 0.15) is 0 Å². The average Bonchev–Trinajstić information content (AvgIpc) is 2.38. The highest BCUT2D eigenvalue weighted by molar-refractivity contribution is 9.10. The second-order valence-corrected chi connectivity index (χ2v) is 6.01. The highest BCUT2D eigenvalue weighted by Gasteiger charge is 2.17. The van der Waals surface area contributed by atoms with E-state index in [1.165, 1.54) is 34.9 Å². The maximum Gasteiger partial charge on any atom is 0.0431 e. The molecular weight excluding hydrogens is 290 g/mol. The Morgan fingerprint density at radius 1 is 1.22 bits per heavy atom. The lowest BCUT2D eigenvalue weighted by atomic mass is 9.88. The zero-order chi connectivity index (χ0) is 12.8. The van der Waals surface area contributed by atoms with Crippen molar-refractivity contribution >= 4 is 15.9 Å². The minimum atomic E-state index is 0.325. The van der Waals surface area contributed by atoms with Crippen molar-refractivity contribution in [3.05, 3.63) is 33.8 Å². The average molecular weight is 312 g/mol. The first-order valence-corrected chi connectivity index (χ1v) is 7.70. The second kappa shape index (κ2) is 7.27. The van der Waals surface area contributed by atoms with Gasteiger partial charge < -0.3 is 10.4 Å². The van der Waals surface area contributed by atoms with Gasteiger partial charge >= 0.3 is 0 Å². The van der Waals surface area contributed by atoms with Crippen LogP contribution in [0.5, 0.6) is 0 Å². The number of aliphatic hydroxyl groups is 1. The van der Waals surface area contributed by atoms with Crippen molar-refractivity contribution in [1.29, 1.82) is 0 Å². The van der Waals surface area contributed by atoms with Gasteiger partial charge in [-0.25, -0.2) is 0 Å². The first-order chi connectivity index (χ1) is 8.79. The summed E-state index contributed by atoms with van der Waals surface area (Å²) >= 11 is 3.54. The number of aliphatic hydroxyl groups excluding tert-OH is 1. The van der Waals surface area contributed by atoms with Crippen LogP contribution < -0.4 is 5.32 Å². The van der Waals surface area contributed by atoms with Crippen LogP contribution in [-0.2, 0) is 12.8 Å². The normalized spacial score (nSPS) is 18.7. The number of unbranched alkanes of at least 4 members (excludes halogenated alkanes) is 2. The molecule has 0 aliphatic heterocycles. The highest BCUT2D eigenvalue weighted by atomic mass is 79.9. The monoisotopic (exact) mass is 311 g/mol. The number of aryl methyl sites for hydroxylation is 1. The Kier molecular flexibility index (Phi) is 5.67. The van der Waals surface area contributed by atoms with Gasteiger partial charge in [0.25, 0.3) is 0 Å². The summed E-state index contributed by atoms with van der Waals surface area (Å²) in [4.78, 5) is 0. The molecular formula is C15H22BrNO. The maximum atomic E-state index is 8.72. The van der Waals surface area contributed by atoms with Gasteiger partial charge in [-0.05, 0) is 68.3 Å². The zero-order valence-electron chi connectivity index (χ0n) is 10.8. The van der Waals surface area contributed by atoms with Crippen molar-refractivity contribution in [2.75, 3.05) is 13.2 Å². The predicted octanol–water partition coefficient (Wildman–Crippen LogP) is 3.06. The number of benzene rings is 1. The third kappa shape index (κ3) is 4.08. The molecule has 0 radical (unpaired) electrons. The van der Waals surface area contributed by atoms with Crippen LogP contribution in [0, 0.1) is 0 Å². The first kappa shape index (κ1) is 14.0. The zero-order valence-corrected chi connectivity index (χ0v) is 12.4. The van der Waals surface area contributed by atoms with Crippen LogP contribution in [0.25, 0.3) is 0 Å². The summed E-state index contributed by atoms with van der Waals surface area (Å²) < 4.78 is 1.19. The molecule has 100 valence electrons. The molecule has 3 heteroatoms. The lowest BCUT2D eigenvalue weighted by Gasteiger charge is -2.25. The van der Waals surface area contributed by atoms with Gasteiger partial charge in [-0.15, -0.1) is 0 Å². The number of rotatable bonds is 6. The number of nitrogens with one attached hydrogen (secondary N) is 1. The first-order valence-electron chi connectivity index (χ1n) is 6.91. The van der Waals surface area contributed by atoms with Crippen molar-refractivity contribution in [2.24, 2.45) is 0 Å². The van der Waals surface area contributed by atoms with E-state index in [1.54, 1.807) is 0 Å². The third-order valence-electron chi connectivity index (χ3n) is 3.66. The lowest BCUT2D eigenvalue weighted by Crippen LogP contribution is -2.35. The largest absolute Gasteiger partial charge is 0.396 e. The number of fused-ring (bicyclic) bond motifs is 1. The van der Waals surface area contributed by atoms with Crippen LogP contribution in [0.15, 0.2) is 22.7 Å². The second-order valence-electron chi connectivity index (χ2n) is 5.09. The molecule has 0 fully saturated rings. The van der Waals surface area contributed by atoms with Crippen LogP contribution in [-0.4, -0.2) is 24.3 Å². The summed E-state index contributed by atoms with van der Waals surface area (Å²) in [6, 6.07) is 7.28. The smallest absolute Gasteiger partial charge is 0.0431 e.